The van der Waals surface area contributed by atoms with E-state index in [-0.39, 0.29) is 5.57 Å². The number of carboxylic acids is 2. The Kier molecular flexibility index (Phi) is 4.27. The number of nitrogens with zero attached hydrogens (tertiary/aromatic N) is 2. The molecular weight excluding hydrogens is 320 g/mol. The number of pyridine rings is 1. The molecule has 2 aromatic rings. The Balaban J connectivity index is 2.30. The molecule has 2 N–H and O–H groups in total. The van der Waals surface area contributed by atoms with Crippen LogP contribution < -0.4 is 4.90 Å². The minimum atomic E-state index is -1.27. The molecular formula is C19H18N2O4. The van der Waals surface area contributed by atoms with Gasteiger partial charge in [0.25, 0.3) is 0 Å². The molecule has 25 heavy (non-hydrogen) atoms. The van der Waals surface area contributed by atoms with Crippen LogP contribution in [0.2, 0.25) is 0 Å². The first kappa shape index (κ1) is 16.7. The van der Waals surface area contributed by atoms with Crippen molar-refractivity contribution < 1.29 is 19.8 Å². The summed E-state index contributed by atoms with van der Waals surface area (Å²) in [5, 5.41) is 19.0. The maximum Gasteiger partial charge on any atom is 0.334 e. The first-order chi connectivity index (χ1) is 12.0. The molecule has 1 aliphatic heterocycles. The molecule has 128 valence electrons. The van der Waals surface area contributed by atoms with Crippen LogP contribution in [0.25, 0.3) is 0 Å². The zero-order valence-corrected chi connectivity index (χ0v) is 13.7. The van der Waals surface area contributed by atoms with E-state index in [1.54, 1.807) is 24.5 Å². The summed E-state index contributed by atoms with van der Waals surface area (Å²) in [6.45, 7) is 2.37. The second kappa shape index (κ2) is 6.39. The van der Waals surface area contributed by atoms with Crippen LogP contribution in [0.15, 0.2) is 60.4 Å². The van der Waals surface area contributed by atoms with E-state index >= 15 is 0 Å². The Morgan fingerprint density at radius 3 is 2.48 bits per heavy atom. The van der Waals surface area contributed by atoms with Gasteiger partial charge in [-0.25, -0.2) is 9.59 Å². The third kappa shape index (κ3) is 2.65. The van der Waals surface area contributed by atoms with Crippen molar-refractivity contribution in [2.45, 2.75) is 25.4 Å². The zero-order valence-electron chi connectivity index (χ0n) is 13.7. The van der Waals surface area contributed by atoms with E-state index in [1.165, 1.54) is 0 Å². The lowest BCUT2D eigenvalue weighted by Gasteiger charge is -2.40. The summed E-state index contributed by atoms with van der Waals surface area (Å²) < 4.78 is 0. The smallest absolute Gasteiger partial charge is 0.334 e. The van der Waals surface area contributed by atoms with Gasteiger partial charge in [0.1, 0.15) is 0 Å². The van der Waals surface area contributed by atoms with Crippen molar-refractivity contribution in [1.29, 1.82) is 0 Å². The van der Waals surface area contributed by atoms with Crippen molar-refractivity contribution in [2.24, 2.45) is 0 Å². The number of hydrogen-bond acceptors (Lipinski definition) is 4. The number of benzene rings is 1. The highest BCUT2D eigenvalue weighted by Gasteiger charge is 2.49. The number of carboxylic acid groups (broad SMARTS) is 2. The van der Waals surface area contributed by atoms with E-state index in [1.807, 2.05) is 36.1 Å². The Bertz CT molecular complexity index is 848. The minimum absolute atomic E-state index is 0.149. The highest BCUT2D eigenvalue weighted by Crippen LogP contribution is 2.49. The third-order valence-corrected chi connectivity index (χ3v) is 4.68. The average Bonchev–Trinajstić information content (AvgIpc) is 2.95. The van der Waals surface area contributed by atoms with Gasteiger partial charge in [-0.05, 0) is 29.7 Å². The van der Waals surface area contributed by atoms with E-state index < -0.39 is 17.5 Å². The number of aliphatic carboxylic acids is 2. The first-order valence-electron chi connectivity index (χ1n) is 7.95. The number of anilines is 1. The summed E-state index contributed by atoms with van der Waals surface area (Å²) in [6.07, 6.45) is 4.50. The molecule has 1 atom stereocenters. The fourth-order valence-electron chi connectivity index (χ4n) is 3.69. The first-order valence-corrected chi connectivity index (χ1v) is 7.95. The molecule has 1 aromatic heterocycles. The molecule has 1 unspecified atom stereocenters. The Labute approximate surface area is 145 Å². The molecule has 2 heterocycles. The van der Waals surface area contributed by atoms with E-state index in [2.05, 4.69) is 4.98 Å². The Morgan fingerprint density at radius 2 is 1.88 bits per heavy atom. The molecule has 0 fully saturated rings. The molecule has 0 bridgehead atoms. The van der Waals surface area contributed by atoms with Gasteiger partial charge in [0.05, 0.1) is 11.1 Å². The van der Waals surface area contributed by atoms with E-state index in [9.17, 15) is 19.8 Å². The molecule has 0 saturated heterocycles. The van der Waals surface area contributed by atoms with Crippen molar-refractivity contribution >= 4 is 17.6 Å². The van der Waals surface area contributed by atoms with Crippen LogP contribution in [0.1, 0.15) is 24.5 Å². The Hall–Kier alpha value is -3.15. The van der Waals surface area contributed by atoms with Crippen molar-refractivity contribution in [2.75, 3.05) is 4.90 Å². The van der Waals surface area contributed by atoms with Crippen LogP contribution in [0.3, 0.4) is 0 Å². The third-order valence-electron chi connectivity index (χ3n) is 4.68. The number of carbonyl (C=O) groups is 2. The number of aromatic nitrogens is 1. The number of hydrogen-bond donors (Lipinski definition) is 2. The average molecular weight is 338 g/mol. The van der Waals surface area contributed by atoms with E-state index in [0.29, 0.717) is 13.0 Å². The van der Waals surface area contributed by atoms with Gasteiger partial charge in [0, 0.05) is 30.7 Å². The summed E-state index contributed by atoms with van der Waals surface area (Å²) in [4.78, 5) is 29.3. The number of rotatable bonds is 5. The van der Waals surface area contributed by atoms with Gasteiger partial charge in [0.2, 0.25) is 0 Å². The van der Waals surface area contributed by atoms with Gasteiger partial charge in [-0.2, -0.15) is 0 Å². The SMILES string of the molecule is CCC1(C(=CC(=O)O)C(=O)O)c2ccccc2CN1c1ccncc1. The summed E-state index contributed by atoms with van der Waals surface area (Å²) >= 11 is 0. The van der Waals surface area contributed by atoms with Crippen molar-refractivity contribution in [3.05, 3.63) is 71.6 Å². The van der Waals surface area contributed by atoms with Crippen molar-refractivity contribution in [3.8, 4) is 0 Å². The molecule has 6 heteroatoms. The molecule has 6 nitrogen and oxygen atoms in total. The minimum Gasteiger partial charge on any atom is -0.478 e. The predicted octanol–water partition coefficient (Wildman–Crippen LogP) is 2.80. The van der Waals surface area contributed by atoms with Gasteiger partial charge < -0.3 is 15.1 Å². The van der Waals surface area contributed by atoms with Crippen molar-refractivity contribution in [3.63, 3.8) is 0 Å². The lowest BCUT2D eigenvalue weighted by molar-refractivity contribution is -0.135. The van der Waals surface area contributed by atoms with E-state index in [0.717, 1.165) is 22.9 Å². The normalized spacial score (nSPS) is 19.6. The fraction of sp³-hybridized carbons (Fsp3) is 0.211. The zero-order chi connectivity index (χ0) is 18.0. The van der Waals surface area contributed by atoms with Gasteiger partial charge >= 0.3 is 11.9 Å². The molecule has 1 aromatic carbocycles. The molecule has 0 saturated carbocycles. The molecule has 0 spiro atoms. The summed E-state index contributed by atoms with van der Waals surface area (Å²) in [5.74, 6) is -2.51. The summed E-state index contributed by atoms with van der Waals surface area (Å²) in [5.41, 5.74) is 1.40. The standard InChI is InChI=1S/C19H18N2O4/c1-2-19(16(18(24)25)11-17(22)23)15-6-4-3-5-13(15)12-21(19)14-7-9-20-10-8-14/h3-11H,2,12H2,1H3,(H,22,23)(H,24,25). The highest BCUT2D eigenvalue weighted by atomic mass is 16.4. The topological polar surface area (TPSA) is 90.7 Å². The second-order valence-corrected chi connectivity index (χ2v) is 5.86. The molecule has 3 rings (SSSR count). The lowest BCUT2D eigenvalue weighted by Crippen LogP contribution is -2.45. The molecule has 0 amide bonds. The maximum atomic E-state index is 12.0. The van der Waals surface area contributed by atoms with Crippen LogP contribution in [-0.4, -0.2) is 27.1 Å². The van der Waals surface area contributed by atoms with Gasteiger partial charge in [-0.15, -0.1) is 0 Å². The molecule has 0 aliphatic carbocycles. The Morgan fingerprint density at radius 1 is 1.20 bits per heavy atom. The summed E-state index contributed by atoms with van der Waals surface area (Å²) in [6, 6.07) is 11.2. The van der Waals surface area contributed by atoms with Crippen LogP contribution >= 0.6 is 0 Å². The van der Waals surface area contributed by atoms with Crippen LogP contribution in [-0.2, 0) is 21.7 Å². The molecule has 0 radical (unpaired) electrons. The van der Waals surface area contributed by atoms with Gasteiger partial charge in [-0.3, -0.25) is 4.98 Å². The van der Waals surface area contributed by atoms with Crippen LogP contribution in [0.4, 0.5) is 5.69 Å². The maximum absolute atomic E-state index is 12.0. The molecule has 1 aliphatic rings. The highest BCUT2D eigenvalue weighted by molar-refractivity contribution is 5.98. The summed E-state index contributed by atoms with van der Waals surface area (Å²) in [7, 11) is 0. The largest absolute Gasteiger partial charge is 0.478 e. The van der Waals surface area contributed by atoms with Gasteiger partial charge in [0.15, 0.2) is 0 Å². The van der Waals surface area contributed by atoms with Crippen LogP contribution in [0.5, 0.6) is 0 Å². The number of fused-ring (bicyclic) bond motifs is 1. The lowest BCUT2D eigenvalue weighted by atomic mass is 9.79. The van der Waals surface area contributed by atoms with Gasteiger partial charge in [-0.1, -0.05) is 31.2 Å². The quantitative estimate of drug-likeness (QED) is 0.815. The second-order valence-electron chi connectivity index (χ2n) is 5.86. The predicted molar refractivity (Wildman–Crippen MR) is 92.2 cm³/mol. The monoisotopic (exact) mass is 338 g/mol. The van der Waals surface area contributed by atoms with Crippen LogP contribution in [0, 0.1) is 0 Å². The van der Waals surface area contributed by atoms with E-state index in [4.69, 9.17) is 0 Å². The van der Waals surface area contributed by atoms with Crippen molar-refractivity contribution in [1.82, 2.24) is 4.98 Å². The fourth-order valence-corrected chi connectivity index (χ4v) is 3.69.